The Hall–Kier alpha value is -2.33. The molecule has 2 aromatic rings. The average Bonchev–Trinajstić information content (AvgIpc) is 2.64. The predicted molar refractivity (Wildman–Crippen MR) is 92.0 cm³/mol. The molecule has 2 aromatic carbocycles. The number of ether oxygens (including phenoxy) is 1. The first-order chi connectivity index (χ1) is 11.3. The van der Waals surface area contributed by atoms with E-state index < -0.39 is 0 Å². The Morgan fingerprint density at radius 2 is 1.61 bits per heavy atom. The number of benzene rings is 2. The highest BCUT2D eigenvalue weighted by Crippen LogP contribution is 2.29. The third-order valence-electron chi connectivity index (χ3n) is 4.40. The van der Waals surface area contributed by atoms with Gasteiger partial charge in [0.05, 0.1) is 18.8 Å². The maximum absolute atomic E-state index is 11.6. The number of carbonyl (C=O) groups excluding carboxylic acids is 1. The lowest BCUT2D eigenvalue weighted by atomic mass is 10.1. The monoisotopic (exact) mass is 310 g/mol. The summed E-state index contributed by atoms with van der Waals surface area (Å²) in [6.45, 7) is 3.49. The van der Waals surface area contributed by atoms with Gasteiger partial charge in [0.1, 0.15) is 12.0 Å². The minimum atomic E-state index is -0.156. The number of anilines is 1. The number of hydrogen-bond acceptors (Lipinski definition) is 4. The number of aldehydes is 1. The molecule has 1 fully saturated rings. The van der Waals surface area contributed by atoms with Crippen LogP contribution in [0.25, 0.3) is 0 Å². The normalized spacial score (nSPS) is 16.8. The molecule has 3 rings (SSSR count). The standard InChI is InChI=1S/C19H22N2O2/c1-23-19-10-6-5-9-17(19)20-11-13-21(14-12-20)18(15-22)16-7-3-2-4-8-16/h2-10,15,18H,11-14H2,1H3/t18-/m1/s1. The molecule has 1 aliphatic heterocycles. The number of carbonyl (C=O) groups is 1. The zero-order chi connectivity index (χ0) is 16.1. The number of para-hydroxylation sites is 2. The van der Waals surface area contributed by atoms with Crippen molar-refractivity contribution in [3.05, 3.63) is 60.2 Å². The average molecular weight is 310 g/mol. The highest BCUT2D eigenvalue weighted by Gasteiger charge is 2.25. The van der Waals surface area contributed by atoms with E-state index in [4.69, 9.17) is 4.74 Å². The van der Waals surface area contributed by atoms with Crippen LogP contribution in [-0.4, -0.2) is 44.5 Å². The van der Waals surface area contributed by atoms with Crippen LogP contribution in [0.4, 0.5) is 5.69 Å². The maximum Gasteiger partial charge on any atom is 0.142 e. The molecule has 1 heterocycles. The summed E-state index contributed by atoms with van der Waals surface area (Å²) < 4.78 is 5.45. The van der Waals surface area contributed by atoms with Crippen molar-refractivity contribution in [3.8, 4) is 5.75 Å². The van der Waals surface area contributed by atoms with Gasteiger partial charge in [-0.3, -0.25) is 4.90 Å². The van der Waals surface area contributed by atoms with Crippen LogP contribution < -0.4 is 9.64 Å². The van der Waals surface area contributed by atoms with Gasteiger partial charge in [-0.05, 0) is 17.7 Å². The van der Waals surface area contributed by atoms with E-state index in [-0.39, 0.29) is 6.04 Å². The van der Waals surface area contributed by atoms with Crippen LogP contribution >= 0.6 is 0 Å². The van der Waals surface area contributed by atoms with Crippen molar-refractivity contribution in [2.24, 2.45) is 0 Å². The van der Waals surface area contributed by atoms with Crippen LogP contribution in [0.15, 0.2) is 54.6 Å². The lowest BCUT2D eigenvalue weighted by Gasteiger charge is -2.39. The Morgan fingerprint density at radius 1 is 0.957 bits per heavy atom. The van der Waals surface area contributed by atoms with Gasteiger partial charge in [0.15, 0.2) is 0 Å². The second kappa shape index (κ2) is 7.29. The molecule has 1 atom stereocenters. The van der Waals surface area contributed by atoms with Crippen LogP contribution in [-0.2, 0) is 4.79 Å². The first kappa shape index (κ1) is 15.6. The van der Waals surface area contributed by atoms with Crippen LogP contribution in [0.3, 0.4) is 0 Å². The van der Waals surface area contributed by atoms with Gasteiger partial charge in [-0.1, -0.05) is 42.5 Å². The number of rotatable bonds is 5. The van der Waals surface area contributed by atoms with Crippen molar-refractivity contribution in [2.75, 3.05) is 38.2 Å². The van der Waals surface area contributed by atoms with E-state index in [0.717, 1.165) is 49.5 Å². The fourth-order valence-corrected chi connectivity index (χ4v) is 3.16. The first-order valence-corrected chi connectivity index (χ1v) is 7.95. The molecule has 4 heteroatoms. The molecule has 0 bridgehead atoms. The SMILES string of the molecule is COc1ccccc1N1CCN([C@H](C=O)c2ccccc2)CC1. The predicted octanol–water partition coefficient (Wildman–Crippen LogP) is 2.76. The molecule has 0 unspecified atom stereocenters. The fourth-order valence-electron chi connectivity index (χ4n) is 3.16. The molecule has 0 amide bonds. The van der Waals surface area contributed by atoms with E-state index in [1.54, 1.807) is 7.11 Å². The van der Waals surface area contributed by atoms with Gasteiger partial charge in [-0.15, -0.1) is 0 Å². The molecule has 0 N–H and O–H groups in total. The van der Waals surface area contributed by atoms with Crippen molar-refractivity contribution >= 4 is 12.0 Å². The summed E-state index contributed by atoms with van der Waals surface area (Å²) in [4.78, 5) is 16.1. The van der Waals surface area contributed by atoms with Gasteiger partial charge < -0.3 is 14.4 Å². The summed E-state index contributed by atoms with van der Waals surface area (Å²) in [7, 11) is 1.70. The number of hydrogen-bond donors (Lipinski definition) is 0. The van der Waals surface area contributed by atoms with Crippen molar-refractivity contribution in [1.82, 2.24) is 4.90 Å². The smallest absolute Gasteiger partial charge is 0.142 e. The van der Waals surface area contributed by atoms with Gasteiger partial charge in [0, 0.05) is 26.2 Å². The Morgan fingerprint density at radius 3 is 2.26 bits per heavy atom. The van der Waals surface area contributed by atoms with E-state index in [0.29, 0.717) is 0 Å². The number of methoxy groups -OCH3 is 1. The van der Waals surface area contributed by atoms with E-state index in [2.05, 4.69) is 15.9 Å². The fraction of sp³-hybridized carbons (Fsp3) is 0.316. The zero-order valence-corrected chi connectivity index (χ0v) is 13.4. The molecule has 0 aromatic heterocycles. The van der Waals surface area contributed by atoms with Crippen molar-refractivity contribution in [1.29, 1.82) is 0 Å². The molecule has 120 valence electrons. The van der Waals surface area contributed by atoms with Gasteiger partial charge in [-0.2, -0.15) is 0 Å². The largest absolute Gasteiger partial charge is 0.495 e. The molecular formula is C19H22N2O2. The van der Waals surface area contributed by atoms with Crippen LogP contribution in [0.5, 0.6) is 5.75 Å². The Kier molecular flexibility index (Phi) is 4.93. The summed E-state index contributed by atoms with van der Waals surface area (Å²) in [5.41, 5.74) is 2.19. The third-order valence-corrected chi connectivity index (χ3v) is 4.40. The zero-order valence-electron chi connectivity index (χ0n) is 13.4. The van der Waals surface area contributed by atoms with Gasteiger partial charge >= 0.3 is 0 Å². The van der Waals surface area contributed by atoms with Crippen molar-refractivity contribution < 1.29 is 9.53 Å². The topological polar surface area (TPSA) is 32.8 Å². The molecule has 0 aliphatic carbocycles. The van der Waals surface area contributed by atoms with Crippen molar-refractivity contribution in [2.45, 2.75) is 6.04 Å². The lowest BCUT2D eigenvalue weighted by molar-refractivity contribution is -0.112. The number of nitrogens with zero attached hydrogens (tertiary/aromatic N) is 2. The van der Waals surface area contributed by atoms with Crippen LogP contribution in [0, 0.1) is 0 Å². The van der Waals surface area contributed by atoms with Crippen LogP contribution in [0.1, 0.15) is 11.6 Å². The highest BCUT2D eigenvalue weighted by molar-refractivity contribution is 5.62. The molecule has 1 saturated heterocycles. The summed E-state index contributed by atoms with van der Waals surface area (Å²) in [6, 6.07) is 17.9. The van der Waals surface area contributed by atoms with E-state index in [9.17, 15) is 4.79 Å². The molecule has 0 spiro atoms. The second-order valence-corrected chi connectivity index (χ2v) is 5.69. The second-order valence-electron chi connectivity index (χ2n) is 5.69. The van der Waals surface area contributed by atoms with Gasteiger partial charge in [-0.25, -0.2) is 0 Å². The van der Waals surface area contributed by atoms with Gasteiger partial charge in [0.25, 0.3) is 0 Å². The van der Waals surface area contributed by atoms with E-state index in [1.165, 1.54) is 0 Å². The minimum Gasteiger partial charge on any atom is -0.495 e. The summed E-state index contributed by atoms with van der Waals surface area (Å²) in [6.07, 6.45) is 1.05. The van der Waals surface area contributed by atoms with E-state index in [1.807, 2.05) is 48.5 Å². The summed E-state index contributed by atoms with van der Waals surface area (Å²) >= 11 is 0. The highest BCUT2D eigenvalue weighted by atomic mass is 16.5. The maximum atomic E-state index is 11.6. The summed E-state index contributed by atoms with van der Waals surface area (Å²) in [5, 5.41) is 0. The number of piperazine rings is 1. The van der Waals surface area contributed by atoms with Crippen LogP contribution in [0.2, 0.25) is 0 Å². The molecule has 4 nitrogen and oxygen atoms in total. The quantitative estimate of drug-likeness (QED) is 0.795. The molecule has 0 saturated carbocycles. The van der Waals surface area contributed by atoms with Gasteiger partial charge in [0.2, 0.25) is 0 Å². The Balaban J connectivity index is 1.69. The Labute approximate surface area is 137 Å². The lowest BCUT2D eigenvalue weighted by Crippen LogP contribution is -2.48. The molecule has 1 aliphatic rings. The molecule has 23 heavy (non-hydrogen) atoms. The Bertz CT molecular complexity index is 637. The molecular weight excluding hydrogens is 288 g/mol. The summed E-state index contributed by atoms with van der Waals surface area (Å²) in [5.74, 6) is 0.899. The molecule has 0 radical (unpaired) electrons. The minimum absolute atomic E-state index is 0.156. The first-order valence-electron chi connectivity index (χ1n) is 7.95. The van der Waals surface area contributed by atoms with E-state index >= 15 is 0 Å². The third kappa shape index (κ3) is 3.37. The van der Waals surface area contributed by atoms with Crippen molar-refractivity contribution in [3.63, 3.8) is 0 Å².